The van der Waals surface area contributed by atoms with Crippen LogP contribution < -0.4 is 15.5 Å². The van der Waals surface area contributed by atoms with E-state index in [1.165, 1.54) is 11.1 Å². The molecule has 2 atom stereocenters. The Morgan fingerprint density at radius 3 is 2.79 bits per heavy atom. The van der Waals surface area contributed by atoms with Crippen molar-refractivity contribution < 1.29 is 4.79 Å². The van der Waals surface area contributed by atoms with Gasteiger partial charge in [-0.25, -0.2) is 0 Å². The van der Waals surface area contributed by atoms with E-state index in [9.17, 15) is 4.79 Å². The van der Waals surface area contributed by atoms with E-state index in [4.69, 9.17) is 0 Å². The molecule has 0 spiro atoms. The highest BCUT2D eigenvalue weighted by Gasteiger charge is 2.34. The predicted octanol–water partition coefficient (Wildman–Crippen LogP) is 1.22. The Morgan fingerprint density at radius 1 is 1.42 bits per heavy atom. The SMILES string of the molecule is CNCC1C(=O)NCC(C)N1c1ccc(C)cc1C. The maximum atomic E-state index is 12.1. The van der Waals surface area contributed by atoms with Crippen molar-refractivity contribution in [2.45, 2.75) is 32.9 Å². The molecule has 0 bridgehead atoms. The second kappa shape index (κ2) is 5.61. The van der Waals surface area contributed by atoms with Gasteiger partial charge in [-0.05, 0) is 39.4 Å². The summed E-state index contributed by atoms with van der Waals surface area (Å²) in [6.45, 7) is 7.71. The highest BCUT2D eigenvalue weighted by Crippen LogP contribution is 2.26. The van der Waals surface area contributed by atoms with E-state index >= 15 is 0 Å². The van der Waals surface area contributed by atoms with E-state index < -0.39 is 0 Å². The summed E-state index contributed by atoms with van der Waals surface area (Å²) in [5, 5.41) is 6.09. The van der Waals surface area contributed by atoms with Crippen LogP contribution in [-0.4, -0.2) is 38.1 Å². The van der Waals surface area contributed by atoms with Gasteiger partial charge < -0.3 is 15.5 Å². The van der Waals surface area contributed by atoms with Crippen LogP contribution in [0.2, 0.25) is 0 Å². The smallest absolute Gasteiger partial charge is 0.244 e. The molecule has 1 saturated heterocycles. The quantitative estimate of drug-likeness (QED) is 0.860. The summed E-state index contributed by atoms with van der Waals surface area (Å²) < 4.78 is 0. The van der Waals surface area contributed by atoms with Gasteiger partial charge >= 0.3 is 0 Å². The maximum Gasteiger partial charge on any atom is 0.244 e. The molecule has 2 unspecified atom stereocenters. The van der Waals surface area contributed by atoms with E-state index in [0.717, 1.165) is 5.69 Å². The first-order valence-electron chi connectivity index (χ1n) is 6.82. The van der Waals surface area contributed by atoms with Crippen LogP contribution >= 0.6 is 0 Å². The fraction of sp³-hybridized carbons (Fsp3) is 0.533. The second-order valence-corrected chi connectivity index (χ2v) is 5.36. The number of rotatable bonds is 3. The number of anilines is 1. The molecular weight excluding hydrogens is 238 g/mol. The number of carbonyl (C=O) groups is 1. The van der Waals surface area contributed by atoms with Gasteiger partial charge in [-0.3, -0.25) is 4.79 Å². The number of carbonyl (C=O) groups excluding carboxylic acids is 1. The van der Waals surface area contributed by atoms with Gasteiger partial charge in [-0.15, -0.1) is 0 Å². The van der Waals surface area contributed by atoms with Crippen molar-refractivity contribution in [3.05, 3.63) is 29.3 Å². The van der Waals surface area contributed by atoms with Gasteiger partial charge in [0.2, 0.25) is 5.91 Å². The van der Waals surface area contributed by atoms with Crippen molar-refractivity contribution in [1.29, 1.82) is 0 Å². The molecule has 0 aliphatic carbocycles. The van der Waals surface area contributed by atoms with Crippen LogP contribution in [0.25, 0.3) is 0 Å². The average molecular weight is 261 g/mol. The van der Waals surface area contributed by atoms with E-state index in [0.29, 0.717) is 19.1 Å². The number of nitrogens with one attached hydrogen (secondary N) is 2. The van der Waals surface area contributed by atoms with Gasteiger partial charge in [0.25, 0.3) is 0 Å². The van der Waals surface area contributed by atoms with Gasteiger partial charge in [-0.2, -0.15) is 0 Å². The Bertz CT molecular complexity index is 472. The van der Waals surface area contributed by atoms with Crippen molar-refractivity contribution in [3.8, 4) is 0 Å². The Balaban J connectivity index is 2.39. The molecule has 19 heavy (non-hydrogen) atoms. The van der Waals surface area contributed by atoms with Crippen molar-refractivity contribution >= 4 is 11.6 Å². The zero-order valence-corrected chi connectivity index (χ0v) is 12.2. The highest BCUT2D eigenvalue weighted by molar-refractivity contribution is 5.87. The predicted molar refractivity (Wildman–Crippen MR) is 78.6 cm³/mol. The summed E-state index contributed by atoms with van der Waals surface area (Å²) in [4.78, 5) is 14.3. The number of piperazine rings is 1. The molecule has 0 aromatic heterocycles. The van der Waals surface area contributed by atoms with Gasteiger partial charge in [0, 0.05) is 24.8 Å². The van der Waals surface area contributed by atoms with E-state index in [-0.39, 0.29) is 11.9 Å². The molecule has 2 N–H and O–H groups in total. The molecule has 104 valence electrons. The Hall–Kier alpha value is -1.55. The second-order valence-electron chi connectivity index (χ2n) is 5.36. The molecule has 1 fully saturated rings. The summed E-state index contributed by atoms with van der Waals surface area (Å²) in [6.07, 6.45) is 0. The molecule has 1 amide bonds. The zero-order valence-electron chi connectivity index (χ0n) is 12.2. The third-order valence-electron chi connectivity index (χ3n) is 3.71. The zero-order chi connectivity index (χ0) is 14.0. The van der Waals surface area contributed by atoms with E-state index in [1.807, 2.05) is 7.05 Å². The minimum absolute atomic E-state index is 0.104. The van der Waals surface area contributed by atoms with Crippen LogP contribution in [0.15, 0.2) is 18.2 Å². The summed E-state index contributed by atoms with van der Waals surface area (Å²) in [5.41, 5.74) is 3.64. The monoisotopic (exact) mass is 261 g/mol. The summed E-state index contributed by atoms with van der Waals surface area (Å²) in [7, 11) is 1.88. The normalized spacial score (nSPS) is 23.4. The highest BCUT2D eigenvalue weighted by atomic mass is 16.2. The number of benzene rings is 1. The summed E-state index contributed by atoms with van der Waals surface area (Å²) >= 11 is 0. The lowest BCUT2D eigenvalue weighted by Gasteiger charge is -2.42. The molecule has 1 aliphatic heterocycles. The maximum absolute atomic E-state index is 12.1. The number of hydrogen-bond donors (Lipinski definition) is 2. The lowest BCUT2D eigenvalue weighted by Crippen LogP contribution is -2.62. The average Bonchev–Trinajstić information content (AvgIpc) is 2.36. The molecule has 0 saturated carbocycles. The number of amides is 1. The third-order valence-corrected chi connectivity index (χ3v) is 3.71. The van der Waals surface area contributed by atoms with Crippen LogP contribution in [0.1, 0.15) is 18.1 Å². The van der Waals surface area contributed by atoms with Gasteiger partial charge in [-0.1, -0.05) is 17.7 Å². The molecule has 4 heteroatoms. The van der Waals surface area contributed by atoms with Crippen molar-refractivity contribution in [1.82, 2.24) is 10.6 Å². The first kappa shape index (κ1) is 13.9. The topological polar surface area (TPSA) is 44.4 Å². The van der Waals surface area contributed by atoms with Gasteiger partial charge in [0.05, 0.1) is 0 Å². The first-order chi connectivity index (χ1) is 9.04. The molecule has 1 aromatic carbocycles. The first-order valence-corrected chi connectivity index (χ1v) is 6.82. The van der Waals surface area contributed by atoms with Crippen LogP contribution in [0.3, 0.4) is 0 Å². The largest absolute Gasteiger partial charge is 0.354 e. The Morgan fingerprint density at radius 2 is 2.16 bits per heavy atom. The number of aryl methyl sites for hydroxylation is 2. The summed E-state index contributed by atoms with van der Waals surface area (Å²) in [5.74, 6) is 0.104. The van der Waals surface area contributed by atoms with Crippen molar-refractivity contribution in [2.75, 3.05) is 25.0 Å². The number of hydrogen-bond acceptors (Lipinski definition) is 3. The third kappa shape index (κ3) is 2.73. The van der Waals surface area contributed by atoms with Gasteiger partial charge in [0.15, 0.2) is 0 Å². The summed E-state index contributed by atoms with van der Waals surface area (Å²) in [6, 6.07) is 6.57. The number of nitrogens with zero attached hydrogens (tertiary/aromatic N) is 1. The molecule has 0 radical (unpaired) electrons. The lowest BCUT2D eigenvalue weighted by molar-refractivity contribution is -0.123. The molecule has 1 aliphatic rings. The van der Waals surface area contributed by atoms with Crippen LogP contribution in [0.5, 0.6) is 0 Å². The molecular formula is C15H23N3O. The van der Waals surface area contributed by atoms with Crippen LogP contribution in [-0.2, 0) is 4.79 Å². The van der Waals surface area contributed by atoms with E-state index in [1.54, 1.807) is 0 Å². The fourth-order valence-corrected chi connectivity index (χ4v) is 2.78. The molecule has 2 rings (SSSR count). The minimum Gasteiger partial charge on any atom is -0.354 e. The van der Waals surface area contributed by atoms with Crippen LogP contribution in [0, 0.1) is 13.8 Å². The minimum atomic E-state index is -0.143. The van der Waals surface area contributed by atoms with Crippen molar-refractivity contribution in [3.63, 3.8) is 0 Å². The van der Waals surface area contributed by atoms with Crippen molar-refractivity contribution in [2.24, 2.45) is 0 Å². The molecule has 1 aromatic rings. The lowest BCUT2D eigenvalue weighted by atomic mass is 10.0. The van der Waals surface area contributed by atoms with Crippen LogP contribution in [0.4, 0.5) is 5.69 Å². The Labute approximate surface area is 115 Å². The Kier molecular flexibility index (Phi) is 4.10. The fourth-order valence-electron chi connectivity index (χ4n) is 2.78. The standard InChI is InChI=1S/C15H23N3O/c1-10-5-6-13(11(2)7-10)18-12(3)8-17-15(19)14(18)9-16-4/h5-7,12,14,16H,8-9H2,1-4H3,(H,17,19). The van der Waals surface area contributed by atoms with Gasteiger partial charge in [0.1, 0.15) is 6.04 Å². The molecule has 1 heterocycles. The number of likely N-dealkylation sites (N-methyl/N-ethyl adjacent to an activating group) is 1. The van der Waals surface area contributed by atoms with E-state index in [2.05, 4.69) is 54.5 Å². The molecule has 4 nitrogen and oxygen atoms in total.